The summed E-state index contributed by atoms with van der Waals surface area (Å²) in [6.07, 6.45) is 3.60. The Bertz CT molecular complexity index is 552. The molecule has 0 bridgehead atoms. The molecule has 2 amide bonds. The van der Waals surface area contributed by atoms with E-state index in [1.165, 1.54) is 0 Å². The van der Waals surface area contributed by atoms with Gasteiger partial charge in [0.15, 0.2) is 0 Å². The van der Waals surface area contributed by atoms with E-state index in [-0.39, 0.29) is 30.9 Å². The standard InChI is InChI=1S/C17H26N4O3/c1-3-21(9-10-22)8-7-19-17(24)14-11-15(23)20(2)16(14)13-5-4-6-18-12-13/h4-6,12,14,16,22H,3,7-11H2,1-2H3,(H,19,24)/t14-,16+/m1/s1. The van der Waals surface area contributed by atoms with Crippen LogP contribution in [-0.4, -0.2) is 71.5 Å². The number of carbonyl (C=O) groups excluding carboxylic acids is 2. The minimum absolute atomic E-state index is 0.0283. The summed E-state index contributed by atoms with van der Waals surface area (Å²) in [5.41, 5.74) is 0.876. The Kier molecular flexibility index (Phi) is 6.69. The van der Waals surface area contributed by atoms with Gasteiger partial charge in [-0.05, 0) is 18.2 Å². The zero-order valence-corrected chi connectivity index (χ0v) is 14.3. The molecular weight excluding hydrogens is 308 g/mol. The lowest BCUT2D eigenvalue weighted by atomic mass is 9.94. The molecular formula is C17H26N4O3. The van der Waals surface area contributed by atoms with Crippen molar-refractivity contribution in [1.82, 2.24) is 20.1 Å². The molecule has 0 spiro atoms. The van der Waals surface area contributed by atoms with Crippen LogP contribution in [0.4, 0.5) is 0 Å². The molecule has 7 heteroatoms. The molecule has 2 rings (SSSR count). The van der Waals surface area contributed by atoms with Crippen molar-refractivity contribution < 1.29 is 14.7 Å². The topological polar surface area (TPSA) is 85.8 Å². The number of nitrogens with zero attached hydrogens (tertiary/aromatic N) is 3. The van der Waals surface area contributed by atoms with Gasteiger partial charge in [-0.3, -0.25) is 19.5 Å². The molecule has 1 aliphatic rings. The Hall–Kier alpha value is -1.99. The normalized spacial score (nSPS) is 20.7. The number of aromatic nitrogens is 1. The van der Waals surface area contributed by atoms with E-state index in [2.05, 4.69) is 15.2 Å². The fourth-order valence-corrected chi connectivity index (χ4v) is 3.15. The summed E-state index contributed by atoms with van der Waals surface area (Å²) in [5, 5.41) is 11.9. The van der Waals surface area contributed by atoms with E-state index in [0.29, 0.717) is 19.6 Å². The molecule has 1 aliphatic heterocycles. The summed E-state index contributed by atoms with van der Waals surface area (Å²) < 4.78 is 0. The Morgan fingerprint density at radius 2 is 2.29 bits per heavy atom. The molecule has 0 aliphatic carbocycles. The van der Waals surface area contributed by atoms with Crippen molar-refractivity contribution in [3.63, 3.8) is 0 Å². The number of carbonyl (C=O) groups is 2. The van der Waals surface area contributed by atoms with Crippen molar-refractivity contribution in [2.45, 2.75) is 19.4 Å². The van der Waals surface area contributed by atoms with Crippen LogP contribution >= 0.6 is 0 Å². The van der Waals surface area contributed by atoms with Crippen LogP contribution in [0.1, 0.15) is 24.9 Å². The molecule has 1 aromatic rings. The first-order valence-electron chi connectivity index (χ1n) is 8.35. The third kappa shape index (κ3) is 4.30. The van der Waals surface area contributed by atoms with Gasteiger partial charge in [0.1, 0.15) is 0 Å². The number of amides is 2. The van der Waals surface area contributed by atoms with E-state index in [9.17, 15) is 9.59 Å². The second-order valence-electron chi connectivity index (χ2n) is 6.00. The number of rotatable bonds is 8. The van der Waals surface area contributed by atoms with Crippen molar-refractivity contribution in [3.05, 3.63) is 30.1 Å². The highest BCUT2D eigenvalue weighted by Gasteiger charge is 2.42. The quantitative estimate of drug-likeness (QED) is 0.701. The number of nitrogens with one attached hydrogen (secondary N) is 1. The van der Waals surface area contributed by atoms with E-state index in [1.807, 2.05) is 19.1 Å². The molecule has 0 aromatic carbocycles. The van der Waals surface area contributed by atoms with E-state index >= 15 is 0 Å². The molecule has 0 radical (unpaired) electrons. The number of likely N-dealkylation sites (tertiary alicyclic amines) is 1. The first-order valence-corrected chi connectivity index (χ1v) is 8.35. The van der Waals surface area contributed by atoms with E-state index in [4.69, 9.17) is 5.11 Å². The Balaban J connectivity index is 1.98. The van der Waals surface area contributed by atoms with Gasteiger partial charge < -0.3 is 15.3 Å². The lowest BCUT2D eigenvalue weighted by Gasteiger charge is -2.25. The van der Waals surface area contributed by atoms with Gasteiger partial charge >= 0.3 is 0 Å². The van der Waals surface area contributed by atoms with Crippen molar-refractivity contribution in [2.24, 2.45) is 5.92 Å². The fourth-order valence-electron chi connectivity index (χ4n) is 3.15. The molecule has 132 valence electrons. The largest absolute Gasteiger partial charge is 0.395 e. The van der Waals surface area contributed by atoms with E-state index < -0.39 is 5.92 Å². The van der Waals surface area contributed by atoms with Gasteiger partial charge in [0, 0.05) is 45.5 Å². The summed E-state index contributed by atoms with van der Waals surface area (Å²) >= 11 is 0. The van der Waals surface area contributed by atoms with Gasteiger partial charge in [-0.25, -0.2) is 0 Å². The minimum Gasteiger partial charge on any atom is -0.395 e. The zero-order valence-electron chi connectivity index (χ0n) is 14.3. The van der Waals surface area contributed by atoms with Crippen LogP contribution < -0.4 is 5.32 Å². The van der Waals surface area contributed by atoms with Gasteiger partial charge in [0.25, 0.3) is 0 Å². The maximum Gasteiger partial charge on any atom is 0.226 e. The summed E-state index contributed by atoms with van der Waals surface area (Å²) in [4.78, 5) is 32.4. The van der Waals surface area contributed by atoms with E-state index in [1.54, 1.807) is 24.3 Å². The average Bonchev–Trinajstić information content (AvgIpc) is 2.90. The number of likely N-dealkylation sites (N-methyl/N-ethyl adjacent to an activating group) is 1. The molecule has 1 aromatic heterocycles. The smallest absolute Gasteiger partial charge is 0.226 e. The summed E-state index contributed by atoms with van der Waals surface area (Å²) in [6.45, 7) is 4.71. The van der Waals surface area contributed by atoms with Gasteiger partial charge in [0.05, 0.1) is 18.6 Å². The zero-order chi connectivity index (χ0) is 17.5. The number of aliphatic hydroxyl groups excluding tert-OH is 1. The molecule has 1 fully saturated rings. The van der Waals surface area contributed by atoms with Crippen LogP contribution in [0, 0.1) is 5.92 Å². The minimum atomic E-state index is -0.403. The summed E-state index contributed by atoms with van der Waals surface area (Å²) in [7, 11) is 1.73. The van der Waals surface area contributed by atoms with Crippen molar-refractivity contribution >= 4 is 11.8 Å². The molecule has 7 nitrogen and oxygen atoms in total. The second kappa shape index (κ2) is 8.75. The molecule has 2 atom stereocenters. The molecule has 24 heavy (non-hydrogen) atoms. The highest BCUT2D eigenvalue weighted by atomic mass is 16.3. The van der Waals surface area contributed by atoms with Gasteiger partial charge in [-0.15, -0.1) is 0 Å². The number of aliphatic hydroxyl groups is 1. The maximum atomic E-state index is 12.6. The van der Waals surface area contributed by atoms with Gasteiger partial charge in [0.2, 0.25) is 11.8 Å². The van der Waals surface area contributed by atoms with Gasteiger partial charge in [-0.1, -0.05) is 13.0 Å². The lowest BCUT2D eigenvalue weighted by Crippen LogP contribution is -2.40. The SMILES string of the molecule is CCN(CCO)CCNC(=O)[C@@H]1CC(=O)N(C)[C@H]1c1cccnc1. The highest BCUT2D eigenvalue weighted by Crippen LogP contribution is 2.36. The number of pyridine rings is 1. The summed E-state index contributed by atoms with van der Waals surface area (Å²) in [6, 6.07) is 3.44. The predicted octanol–water partition coefficient (Wildman–Crippen LogP) is 0.0314. The van der Waals surface area contributed by atoms with Crippen molar-refractivity contribution in [2.75, 3.05) is 39.8 Å². The number of hydrogen-bond donors (Lipinski definition) is 2. The Labute approximate surface area is 142 Å². The first kappa shape index (κ1) is 18.4. The van der Waals surface area contributed by atoms with Crippen LogP contribution in [-0.2, 0) is 9.59 Å². The third-order valence-corrected chi connectivity index (χ3v) is 4.54. The summed E-state index contributed by atoms with van der Waals surface area (Å²) in [5.74, 6) is -0.541. The Morgan fingerprint density at radius 1 is 1.50 bits per heavy atom. The Morgan fingerprint density at radius 3 is 2.92 bits per heavy atom. The van der Waals surface area contributed by atoms with Crippen LogP contribution in [0.5, 0.6) is 0 Å². The average molecular weight is 334 g/mol. The second-order valence-corrected chi connectivity index (χ2v) is 6.00. The van der Waals surface area contributed by atoms with Crippen molar-refractivity contribution in [1.29, 1.82) is 0 Å². The van der Waals surface area contributed by atoms with Crippen LogP contribution in [0.25, 0.3) is 0 Å². The number of hydrogen-bond acceptors (Lipinski definition) is 5. The molecule has 2 N–H and O–H groups in total. The first-order chi connectivity index (χ1) is 11.6. The third-order valence-electron chi connectivity index (χ3n) is 4.54. The maximum absolute atomic E-state index is 12.6. The lowest BCUT2D eigenvalue weighted by molar-refractivity contribution is -0.128. The molecule has 0 saturated carbocycles. The van der Waals surface area contributed by atoms with Gasteiger partial charge in [-0.2, -0.15) is 0 Å². The molecule has 1 saturated heterocycles. The monoisotopic (exact) mass is 334 g/mol. The predicted molar refractivity (Wildman–Crippen MR) is 90.1 cm³/mol. The highest BCUT2D eigenvalue weighted by molar-refractivity contribution is 5.90. The van der Waals surface area contributed by atoms with Crippen LogP contribution in [0.15, 0.2) is 24.5 Å². The van der Waals surface area contributed by atoms with Crippen molar-refractivity contribution in [3.8, 4) is 0 Å². The molecule has 0 unspecified atom stereocenters. The van der Waals surface area contributed by atoms with Crippen LogP contribution in [0.2, 0.25) is 0 Å². The molecule has 2 heterocycles. The van der Waals surface area contributed by atoms with E-state index in [0.717, 1.165) is 12.1 Å². The fraction of sp³-hybridized carbons (Fsp3) is 0.588. The van der Waals surface area contributed by atoms with Crippen LogP contribution in [0.3, 0.4) is 0 Å².